The van der Waals surface area contributed by atoms with Crippen molar-refractivity contribution in [1.29, 1.82) is 0 Å². The van der Waals surface area contributed by atoms with Crippen LogP contribution in [0.2, 0.25) is 0 Å². The smallest absolute Gasteiger partial charge is 0.124 e. The zero-order chi connectivity index (χ0) is 15.2. The lowest BCUT2D eigenvalue weighted by atomic mass is 10.0. The van der Waals surface area contributed by atoms with Crippen molar-refractivity contribution in [3.63, 3.8) is 0 Å². The molecule has 0 aliphatic heterocycles. The number of nitrogens with one attached hydrogen (secondary N) is 1. The Bertz CT molecular complexity index is 578. The van der Waals surface area contributed by atoms with E-state index in [1.54, 1.807) is 7.11 Å². The molecule has 0 saturated heterocycles. The fraction of sp³-hybridized carbons (Fsp3) is 0.333. The maximum absolute atomic E-state index is 8.93. The Morgan fingerprint density at radius 2 is 1.86 bits per heavy atom. The summed E-state index contributed by atoms with van der Waals surface area (Å²) in [5.74, 6) is 0.909. The molecule has 112 valence electrons. The third kappa shape index (κ3) is 3.99. The minimum atomic E-state index is 0.157. The van der Waals surface area contributed by atoms with Crippen LogP contribution >= 0.6 is 0 Å². The molecule has 2 aromatic carbocycles. The first kappa shape index (κ1) is 15.4. The van der Waals surface area contributed by atoms with Gasteiger partial charge in [0.15, 0.2) is 0 Å². The predicted molar refractivity (Wildman–Crippen MR) is 87.0 cm³/mol. The van der Waals surface area contributed by atoms with Gasteiger partial charge in [0, 0.05) is 17.9 Å². The van der Waals surface area contributed by atoms with E-state index in [0.717, 1.165) is 22.6 Å². The Balaban J connectivity index is 2.12. The Kier molecular flexibility index (Phi) is 5.23. The van der Waals surface area contributed by atoms with Gasteiger partial charge in [-0.3, -0.25) is 0 Å². The van der Waals surface area contributed by atoms with Crippen LogP contribution in [0.3, 0.4) is 0 Å². The molecule has 0 aliphatic carbocycles. The van der Waals surface area contributed by atoms with Gasteiger partial charge >= 0.3 is 0 Å². The molecule has 0 aromatic heterocycles. The molecule has 0 radical (unpaired) electrons. The standard InChI is InChI=1S/C18H23NO2/c1-13-4-9-17(18(12-13)21-3)14(2)19-16-7-5-15(6-8-16)10-11-20/h4-9,12,14,19-20H,10-11H2,1-3H3. The fourth-order valence-electron chi connectivity index (χ4n) is 2.40. The van der Waals surface area contributed by atoms with Gasteiger partial charge in [-0.25, -0.2) is 0 Å². The van der Waals surface area contributed by atoms with Gasteiger partial charge in [0.2, 0.25) is 0 Å². The zero-order valence-corrected chi connectivity index (χ0v) is 12.9. The molecule has 0 saturated carbocycles. The summed E-state index contributed by atoms with van der Waals surface area (Å²) in [6.45, 7) is 4.36. The summed E-state index contributed by atoms with van der Waals surface area (Å²) in [4.78, 5) is 0. The molecular formula is C18H23NO2. The number of ether oxygens (including phenoxy) is 1. The van der Waals surface area contributed by atoms with Gasteiger partial charge in [0.05, 0.1) is 13.2 Å². The Labute approximate surface area is 126 Å². The van der Waals surface area contributed by atoms with E-state index in [2.05, 4.69) is 37.4 Å². The number of aryl methyl sites for hydroxylation is 1. The van der Waals surface area contributed by atoms with Gasteiger partial charge in [0.1, 0.15) is 5.75 Å². The van der Waals surface area contributed by atoms with E-state index in [1.165, 1.54) is 5.56 Å². The average molecular weight is 285 g/mol. The maximum Gasteiger partial charge on any atom is 0.124 e. The number of rotatable bonds is 6. The number of aliphatic hydroxyl groups excluding tert-OH is 1. The largest absolute Gasteiger partial charge is 0.496 e. The molecule has 0 fully saturated rings. The van der Waals surface area contributed by atoms with Crippen molar-refractivity contribution < 1.29 is 9.84 Å². The van der Waals surface area contributed by atoms with Gasteiger partial charge in [-0.15, -0.1) is 0 Å². The first-order valence-corrected chi connectivity index (χ1v) is 7.25. The summed E-state index contributed by atoms with van der Waals surface area (Å²) in [6, 6.07) is 14.6. The number of benzene rings is 2. The van der Waals surface area contributed by atoms with Crippen LogP contribution in [0, 0.1) is 6.92 Å². The van der Waals surface area contributed by atoms with Gasteiger partial charge in [-0.05, 0) is 49.6 Å². The first-order valence-electron chi connectivity index (χ1n) is 7.25. The molecule has 2 N–H and O–H groups in total. The van der Waals surface area contributed by atoms with Crippen molar-refractivity contribution in [1.82, 2.24) is 0 Å². The lowest BCUT2D eigenvalue weighted by Crippen LogP contribution is -2.08. The minimum absolute atomic E-state index is 0.157. The quantitative estimate of drug-likeness (QED) is 0.850. The SMILES string of the molecule is COc1cc(C)ccc1C(C)Nc1ccc(CCO)cc1. The molecule has 0 heterocycles. The van der Waals surface area contributed by atoms with Gasteiger partial charge < -0.3 is 15.2 Å². The third-order valence-corrected chi connectivity index (χ3v) is 3.59. The Morgan fingerprint density at radius 1 is 1.14 bits per heavy atom. The van der Waals surface area contributed by atoms with Crippen molar-refractivity contribution in [3.8, 4) is 5.75 Å². The van der Waals surface area contributed by atoms with Crippen LogP contribution in [0.15, 0.2) is 42.5 Å². The number of methoxy groups -OCH3 is 1. The van der Waals surface area contributed by atoms with E-state index >= 15 is 0 Å². The Morgan fingerprint density at radius 3 is 2.48 bits per heavy atom. The minimum Gasteiger partial charge on any atom is -0.496 e. The molecule has 2 rings (SSSR count). The Hall–Kier alpha value is -2.00. The summed E-state index contributed by atoms with van der Waals surface area (Å²) in [5.41, 5.74) is 4.54. The van der Waals surface area contributed by atoms with Crippen LogP contribution in [0.5, 0.6) is 5.75 Å². The molecule has 1 atom stereocenters. The molecule has 0 amide bonds. The first-order chi connectivity index (χ1) is 10.1. The summed E-state index contributed by atoms with van der Waals surface area (Å²) >= 11 is 0. The molecule has 21 heavy (non-hydrogen) atoms. The van der Waals surface area contributed by atoms with E-state index in [0.29, 0.717) is 6.42 Å². The normalized spacial score (nSPS) is 12.0. The lowest BCUT2D eigenvalue weighted by Gasteiger charge is -2.19. The number of aliphatic hydroxyl groups is 1. The van der Waals surface area contributed by atoms with Crippen molar-refractivity contribution in [3.05, 3.63) is 59.2 Å². The molecule has 3 nitrogen and oxygen atoms in total. The second-order valence-electron chi connectivity index (χ2n) is 5.28. The topological polar surface area (TPSA) is 41.5 Å². The van der Waals surface area contributed by atoms with E-state index in [9.17, 15) is 0 Å². The monoisotopic (exact) mass is 285 g/mol. The van der Waals surface area contributed by atoms with Gasteiger partial charge in [0.25, 0.3) is 0 Å². The lowest BCUT2D eigenvalue weighted by molar-refractivity contribution is 0.299. The van der Waals surface area contributed by atoms with Crippen LogP contribution in [0.25, 0.3) is 0 Å². The third-order valence-electron chi connectivity index (χ3n) is 3.59. The summed E-state index contributed by atoms with van der Waals surface area (Å²) < 4.78 is 5.47. The highest BCUT2D eigenvalue weighted by Crippen LogP contribution is 2.28. The average Bonchev–Trinajstić information content (AvgIpc) is 2.49. The van der Waals surface area contributed by atoms with Crippen molar-refractivity contribution >= 4 is 5.69 Å². The van der Waals surface area contributed by atoms with Crippen LogP contribution < -0.4 is 10.1 Å². The zero-order valence-electron chi connectivity index (χ0n) is 12.9. The highest BCUT2D eigenvalue weighted by molar-refractivity contribution is 5.49. The molecule has 0 spiro atoms. The van der Waals surface area contributed by atoms with Gasteiger partial charge in [-0.1, -0.05) is 24.3 Å². The molecule has 3 heteroatoms. The van der Waals surface area contributed by atoms with Crippen molar-refractivity contribution in [2.75, 3.05) is 19.0 Å². The molecule has 0 aliphatic rings. The maximum atomic E-state index is 8.93. The van der Waals surface area contributed by atoms with Crippen LogP contribution in [0.1, 0.15) is 29.7 Å². The molecule has 2 aromatic rings. The second-order valence-corrected chi connectivity index (χ2v) is 5.28. The summed E-state index contributed by atoms with van der Waals surface area (Å²) in [6.07, 6.45) is 0.696. The highest BCUT2D eigenvalue weighted by Gasteiger charge is 2.11. The van der Waals surface area contributed by atoms with Crippen LogP contribution in [-0.2, 0) is 6.42 Å². The number of hydrogen-bond acceptors (Lipinski definition) is 3. The highest BCUT2D eigenvalue weighted by atomic mass is 16.5. The fourth-order valence-corrected chi connectivity index (χ4v) is 2.40. The predicted octanol–water partition coefficient (Wildman–Crippen LogP) is 3.71. The molecule has 1 unspecified atom stereocenters. The second kappa shape index (κ2) is 7.14. The van der Waals surface area contributed by atoms with Crippen LogP contribution in [-0.4, -0.2) is 18.8 Å². The summed E-state index contributed by atoms with van der Waals surface area (Å²) in [7, 11) is 1.70. The van der Waals surface area contributed by atoms with Crippen LogP contribution in [0.4, 0.5) is 5.69 Å². The molecule has 0 bridgehead atoms. The van der Waals surface area contributed by atoms with E-state index in [4.69, 9.17) is 9.84 Å². The van der Waals surface area contributed by atoms with E-state index in [1.807, 2.05) is 24.3 Å². The van der Waals surface area contributed by atoms with Gasteiger partial charge in [-0.2, -0.15) is 0 Å². The summed E-state index contributed by atoms with van der Waals surface area (Å²) in [5, 5.41) is 12.4. The van der Waals surface area contributed by atoms with E-state index in [-0.39, 0.29) is 12.6 Å². The number of hydrogen-bond donors (Lipinski definition) is 2. The van der Waals surface area contributed by atoms with Crippen molar-refractivity contribution in [2.45, 2.75) is 26.3 Å². The molecular weight excluding hydrogens is 262 g/mol. The van der Waals surface area contributed by atoms with Crippen molar-refractivity contribution in [2.24, 2.45) is 0 Å². The number of anilines is 1. The van der Waals surface area contributed by atoms with E-state index < -0.39 is 0 Å².